The van der Waals surface area contributed by atoms with Crippen molar-refractivity contribution in [2.45, 2.75) is 57.7 Å². The lowest BCUT2D eigenvalue weighted by Gasteiger charge is -2.40. The molecule has 0 saturated carbocycles. The molecule has 2 heterocycles. The molecule has 8 nitrogen and oxygen atoms in total. The minimum atomic E-state index is -0.993. The number of carbonyl (C=O) groups excluding carboxylic acids is 1. The van der Waals surface area contributed by atoms with Crippen LogP contribution in [-0.4, -0.2) is 85.5 Å². The van der Waals surface area contributed by atoms with E-state index in [4.69, 9.17) is 19.3 Å². The van der Waals surface area contributed by atoms with Gasteiger partial charge in [0.05, 0.1) is 18.8 Å². The second-order valence-corrected chi connectivity index (χ2v) is 9.61. The van der Waals surface area contributed by atoms with Crippen molar-refractivity contribution in [1.82, 2.24) is 9.80 Å². The molecule has 2 fully saturated rings. The topological polar surface area (TPSA) is 88.5 Å². The molecule has 178 valence electrons. The van der Waals surface area contributed by atoms with Crippen LogP contribution < -0.4 is 4.74 Å². The fourth-order valence-corrected chi connectivity index (χ4v) is 4.44. The quantitative estimate of drug-likeness (QED) is 0.653. The largest absolute Gasteiger partial charge is 0.482 e. The fraction of sp³-hybridized carbons (Fsp3) is 0.667. The molecule has 1 aromatic carbocycles. The summed E-state index contributed by atoms with van der Waals surface area (Å²) in [4.78, 5) is 27.7. The zero-order chi connectivity index (χ0) is 23.3. The van der Waals surface area contributed by atoms with E-state index in [0.29, 0.717) is 25.4 Å². The predicted octanol–water partition coefficient (Wildman–Crippen LogP) is 2.29. The van der Waals surface area contributed by atoms with E-state index in [1.165, 1.54) is 5.56 Å². The molecule has 2 atom stereocenters. The maximum Gasteiger partial charge on any atom is 0.341 e. The number of aliphatic carboxylic acids is 1. The van der Waals surface area contributed by atoms with E-state index in [1.807, 2.05) is 17.0 Å². The molecule has 3 rings (SSSR count). The van der Waals surface area contributed by atoms with E-state index in [9.17, 15) is 9.59 Å². The van der Waals surface area contributed by atoms with Gasteiger partial charge < -0.3 is 24.2 Å². The number of hydrogen-bond acceptors (Lipinski definition) is 6. The van der Waals surface area contributed by atoms with Crippen molar-refractivity contribution in [3.63, 3.8) is 0 Å². The van der Waals surface area contributed by atoms with Crippen LogP contribution in [0.3, 0.4) is 0 Å². The highest BCUT2D eigenvalue weighted by Gasteiger charge is 2.38. The van der Waals surface area contributed by atoms with Gasteiger partial charge in [0.2, 0.25) is 5.91 Å². The highest BCUT2D eigenvalue weighted by Crippen LogP contribution is 2.31. The van der Waals surface area contributed by atoms with Crippen LogP contribution in [0.1, 0.15) is 44.7 Å². The molecular formula is C24H36N2O6. The number of benzene rings is 1. The Labute approximate surface area is 190 Å². The summed E-state index contributed by atoms with van der Waals surface area (Å²) in [5.41, 5.74) is 2.14. The Balaban J connectivity index is 1.75. The molecule has 0 aromatic heterocycles. The normalized spacial score (nSPS) is 22.4. The minimum absolute atomic E-state index is 0.0239. The number of rotatable bonds is 8. The van der Waals surface area contributed by atoms with Gasteiger partial charge in [-0.2, -0.15) is 0 Å². The van der Waals surface area contributed by atoms with Crippen LogP contribution in [0.15, 0.2) is 18.2 Å². The molecule has 1 amide bonds. The highest BCUT2D eigenvalue weighted by atomic mass is 16.5. The van der Waals surface area contributed by atoms with E-state index >= 15 is 0 Å². The molecule has 32 heavy (non-hydrogen) atoms. The predicted molar refractivity (Wildman–Crippen MR) is 120 cm³/mol. The number of carboxylic acids is 1. The smallest absolute Gasteiger partial charge is 0.341 e. The number of nitrogens with zero attached hydrogens (tertiary/aromatic N) is 2. The summed E-state index contributed by atoms with van der Waals surface area (Å²) in [5, 5.41) is 9.04. The third kappa shape index (κ3) is 6.21. The van der Waals surface area contributed by atoms with Gasteiger partial charge in [-0.25, -0.2) is 4.79 Å². The number of ether oxygens (including phenoxy) is 3. The summed E-state index contributed by atoms with van der Waals surface area (Å²) in [5.74, 6) is -0.359. The van der Waals surface area contributed by atoms with Gasteiger partial charge in [-0.05, 0) is 29.9 Å². The summed E-state index contributed by atoms with van der Waals surface area (Å²) >= 11 is 0. The summed E-state index contributed by atoms with van der Waals surface area (Å²) in [6, 6.07) is 6.07. The lowest BCUT2D eigenvalue weighted by molar-refractivity contribution is -0.158. The van der Waals surface area contributed by atoms with Crippen molar-refractivity contribution in [1.29, 1.82) is 0 Å². The van der Waals surface area contributed by atoms with Gasteiger partial charge in [-0.15, -0.1) is 0 Å². The molecule has 2 aliphatic rings. The Hall–Kier alpha value is -2.16. The number of methoxy groups -OCH3 is 1. The number of likely N-dealkylation sites (tertiary alicyclic amines) is 1. The van der Waals surface area contributed by atoms with Crippen LogP contribution in [-0.2, 0) is 31.0 Å². The zero-order valence-electron chi connectivity index (χ0n) is 19.6. The van der Waals surface area contributed by atoms with Crippen molar-refractivity contribution in [3.05, 3.63) is 29.3 Å². The van der Waals surface area contributed by atoms with Crippen LogP contribution >= 0.6 is 0 Å². The Kier molecular flexibility index (Phi) is 8.14. The second-order valence-electron chi connectivity index (χ2n) is 9.61. The third-order valence-corrected chi connectivity index (χ3v) is 6.25. The Morgan fingerprint density at radius 1 is 1.25 bits per heavy atom. The Morgan fingerprint density at radius 3 is 2.69 bits per heavy atom. The summed E-state index contributed by atoms with van der Waals surface area (Å²) < 4.78 is 16.7. The average Bonchev–Trinajstić information content (AvgIpc) is 2.94. The van der Waals surface area contributed by atoms with Gasteiger partial charge in [0, 0.05) is 38.9 Å². The number of carbonyl (C=O) groups is 2. The Morgan fingerprint density at radius 2 is 2.00 bits per heavy atom. The van der Waals surface area contributed by atoms with Crippen LogP contribution in [0.25, 0.3) is 0 Å². The van der Waals surface area contributed by atoms with Crippen molar-refractivity contribution in [2.75, 3.05) is 46.6 Å². The molecule has 1 N–H and O–H groups in total. The first-order valence-electron chi connectivity index (χ1n) is 11.3. The molecule has 1 aromatic rings. The molecule has 0 spiro atoms. The summed E-state index contributed by atoms with van der Waals surface area (Å²) in [7, 11) is 1.65. The molecule has 0 bridgehead atoms. The molecule has 2 saturated heterocycles. The zero-order valence-corrected chi connectivity index (χ0v) is 19.6. The van der Waals surface area contributed by atoms with Gasteiger partial charge in [0.15, 0.2) is 6.61 Å². The van der Waals surface area contributed by atoms with E-state index in [-0.39, 0.29) is 36.7 Å². The summed E-state index contributed by atoms with van der Waals surface area (Å²) in [6.45, 7) is 9.65. The second kappa shape index (κ2) is 10.6. The maximum atomic E-state index is 12.4. The molecule has 0 aliphatic carbocycles. The van der Waals surface area contributed by atoms with Crippen LogP contribution in [0.4, 0.5) is 0 Å². The first-order valence-corrected chi connectivity index (χ1v) is 11.3. The van der Waals surface area contributed by atoms with Crippen molar-refractivity contribution >= 4 is 11.9 Å². The lowest BCUT2D eigenvalue weighted by Crippen LogP contribution is -2.55. The van der Waals surface area contributed by atoms with E-state index in [2.05, 4.69) is 31.7 Å². The van der Waals surface area contributed by atoms with Gasteiger partial charge in [-0.3, -0.25) is 9.69 Å². The van der Waals surface area contributed by atoms with Gasteiger partial charge in [-0.1, -0.05) is 32.9 Å². The van der Waals surface area contributed by atoms with Crippen molar-refractivity contribution in [3.8, 4) is 5.75 Å². The molecule has 0 radical (unpaired) electrons. The number of carboxylic acid groups (broad SMARTS) is 1. The van der Waals surface area contributed by atoms with E-state index < -0.39 is 5.97 Å². The first-order chi connectivity index (χ1) is 15.2. The monoisotopic (exact) mass is 448 g/mol. The molecule has 8 heteroatoms. The van der Waals surface area contributed by atoms with Crippen LogP contribution in [0, 0.1) is 0 Å². The highest BCUT2D eigenvalue weighted by molar-refractivity contribution is 5.78. The minimum Gasteiger partial charge on any atom is -0.482 e. The lowest BCUT2D eigenvalue weighted by atomic mass is 9.86. The maximum absolute atomic E-state index is 12.4. The number of morpholine rings is 1. The Bertz CT molecular complexity index is 806. The number of amides is 1. The van der Waals surface area contributed by atoms with Crippen LogP contribution in [0.2, 0.25) is 0 Å². The fourth-order valence-electron chi connectivity index (χ4n) is 4.44. The van der Waals surface area contributed by atoms with E-state index in [0.717, 1.165) is 31.5 Å². The van der Waals surface area contributed by atoms with Gasteiger partial charge in [0.1, 0.15) is 12.4 Å². The first kappa shape index (κ1) is 24.5. The van der Waals surface area contributed by atoms with E-state index in [1.54, 1.807) is 7.11 Å². The average molecular weight is 449 g/mol. The molecule has 2 aliphatic heterocycles. The SMILES string of the molecule is COCCN1C(=O)CO[C@H]2CCN(Cc3cc(C(C)(C)C)ccc3OCC(=O)O)CC[C@@H]21. The number of fused-ring (bicyclic) bond motifs is 1. The van der Waals surface area contributed by atoms with Gasteiger partial charge >= 0.3 is 5.97 Å². The standard InChI is InChI=1S/C24H36N2O6/c1-24(2,3)18-5-6-20(32-16-23(28)29)17(13-18)14-25-9-7-19-21(8-10-25)31-15-22(27)26(19)11-12-30-4/h5-6,13,19,21H,7-12,14-16H2,1-4H3,(H,28,29)/t19-,21-/m0/s1. The molecule has 0 unspecified atom stereocenters. The van der Waals surface area contributed by atoms with Gasteiger partial charge in [0.25, 0.3) is 0 Å². The number of hydrogen-bond donors (Lipinski definition) is 1. The molecular weight excluding hydrogens is 412 g/mol. The van der Waals surface area contributed by atoms with Crippen LogP contribution in [0.5, 0.6) is 5.75 Å². The third-order valence-electron chi connectivity index (χ3n) is 6.25. The van der Waals surface area contributed by atoms with Crippen molar-refractivity contribution in [2.24, 2.45) is 0 Å². The summed E-state index contributed by atoms with van der Waals surface area (Å²) in [6.07, 6.45) is 1.69. The van der Waals surface area contributed by atoms with Crippen molar-refractivity contribution < 1.29 is 28.9 Å².